The summed E-state index contributed by atoms with van der Waals surface area (Å²) in [6.07, 6.45) is 0. The van der Waals surface area contributed by atoms with Gasteiger partial charge in [0.2, 0.25) is 0 Å². The van der Waals surface area contributed by atoms with Crippen LogP contribution in [-0.2, 0) is 9.53 Å². The number of carbonyl (C=O) groups is 1. The van der Waals surface area contributed by atoms with Gasteiger partial charge in [0.05, 0.1) is 13.0 Å². The predicted octanol–water partition coefficient (Wildman–Crippen LogP) is 0.0149. The highest BCUT2D eigenvalue weighted by Crippen LogP contribution is 2.16. The fraction of sp³-hybridized carbons (Fsp3) is 0.857. The van der Waals surface area contributed by atoms with E-state index in [-0.39, 0.29) is 11.9 Å². The van der Waals surface area contributed by atoms with Crippen LogP contribution in [0.15, 0.2) is 0 Å². The van der Waals surface area contributed by atoms with Crippen LogP contribution in [0.2, 0.25) is 0 Å². The lowest BCUT2D eigenvalue weighted by Crippen LogP contribution is -2.22. The SMILES string of the molecule is COC(=O)[C@@H]1CNC[C@@H]1C. The second-order valence-corrected chi connectivity index (χ2v) is 2.77. The molecular weight excluding hydrogens is 130 g/mol. The third kappa shape index (κ3) is 1.29. The summed E-state index contributed by atoms with van der Waals surface area (Å²) in [4.78, 5) is 11.0. The van der Waals surface area contributed by atoms with Gasteiger partial charge in [0.1, 0.15) is 0 Å². The van der Waals surface area contributed by atoms with E-state index in [1.54, 1.807) is 0 Å². The van der Waals surface area contributed by atoms with Gasteiger partial charge in [0.25, 0.3) is 0 Å². The first-order valence-corrected chi connectivity index (χ1v) is 3.54. The second-order valence-electron chi connectivity index (χ2n) is 2.77. The maximum absolute atomic E-state index is 11.0. The molecule has 0 saturated carbocycles. The number of nitrogens with one attached hydrogen (secondary N) is 1. The number of hydrogen-bond donors (Lipinski definition) is 1. The Morgan fingerprint density at radius 3 is 2.70 bits per heavy atom. The lowest BCUT2D eigenvalue weighted by Gasteiger charge is -2.09. The molecule has 1 saturated heterocycles. The molecule has 1 N–H and O–H groups in total. The van der Waals surface area contributed by atoms with E-state index in [0.29, 0.717) is 5.92 Å². The van der Waals surface area contributed by atoms with Gasteiger partial charge in [-0.05, 0) is 12.5 Å². The van der Waals surface area contributed by atoms with Gasteiger partial charge in [0, 0.05) is 6.54 Å². The largest absolute Gasteiger partial charge is 0.469 e. The molecular formula is C7H13NO2. The van der Waals surface area contributed by atoms with Crippen LogP contribution in [0.4, 0.5) is 0 Å². The smallest absolute Gasteiger partial charge is 0.310 e. The molecule has 1 heterocycles. The molecule has 0 aromatic heterocycles. The number of rotatable bonds is 1. The highest BCUT2D eigenvalue weighted by Gasteiger charge is 2.29. The van der Waals surface area contributed by atoms with Gasteiger partial charge >= 0.3 is 5.97 Å². The Bertz CT molecular complexity index is 136. The van der Waals surface area contributed by atoms with E-state index >= 15 is 0 Å². The van der Waals surface area contributed by atoms with E-state index < -0.39 is 0 Å². The molecule has 0 radical (unpaired) electrons. The van der Waals surface area contributed by atoms with Crippen molar-refractivity contribution >= 4 is 5.97 Å². The van der Waals surface area contributed by atoms with Gasteiger partial charge < -0.3 is 10.1 Å². The minimum absolute atomic E-state index is 0.0741. The van der Waals surface area contributed by atoms with Crippen molar-refractivity contribution < 1.29 is 9.53 Å². The van der Waals surface area contributed by atoms with E-state index in [4.69, 9.17) is 0 Å². The van der Waals surface area contributed by atoms with Crippen molar-refractivity contribution in [3.8, 4) is 0 Å². The molecule has 1 fully saturated rings. The van der Waals surface area contributed by atoms with Gasteiger partial charge in [-0.15, -0.1) is 0 Å². The van der Waals surface area contributed by atoms with Crippen LogP contribution in [0.25, 0.3) is 0 Å². The molecule has 2 atom stereocenters. The summed E-state index contributed by atoms with van der Waals surface area (Å²) in [6.45, 7) is 3.76. The van der Waals surface area contributed by atoms with E-state index in [9.17, 15) is 4.79 Å². The minimum atomic E-state index is -0.0856. The summed E-state index contributed by atoms with van der Waals surface area (Å²) >= 11 is 0. The van der Waals surface area contributed by atoms with Crippen LogP contribution in [0.1, 0.15) is 6.92 Å². The zero-order valence-electron chi connectivity index (χ0n) is 6.39. The van der Waals surface area contributed by atoms with Gasteiger partial charge in [-0.25, -0.2) is 0 Å². The summed E-state index contributed by atoms with van der Waals surface area (Å²) in [5, 5.41) is 3.14. The van der Waals surface area contributed by atoms with Crippen LogP contribution in [0.5, 0.6) is 0 Å². The molecule has 0 aliphatic carbocycles. The highest BCUT2D eigenvalue weighted by atomic mass is 16.5. The first-order chi connectivity index (χ1) is 4.75. The Morgan fingerprint density at radius 1 is 1.60 bits per heavy atom. The van der Waals surface area contributed by atoms with Gasteiger partial charge in [-0.2, -0.15) is 0 Å². The van der Waals surface area contributed by atoms with Crippen LogP contribution in [0.3, 0.4) is 0 Å². The lowest BCUT2D eigenvalue weighted by atomic mass is 9.99. The van der Waals surface area contributed by atoms with Crippen molar-refractivity contribution in [2.45, 2.75) is 6.92 Å². The summed E-state index contributed by atoms with van der Waals surface area (Å²) in [7, 11) is 1.44. The van der Waals surface area contributed by atoms with Crippen LogP contribution in [-0.4, -0.2) is 26.2 Å². The molecule has 1 rings (SSSR count). The molecule has 3 heteroatoms. The van der Waals surface area contributed by atoms with E-state index in [1.807, 2.05) is 0 Å². The van der Waals surface area contributed by atoms with Crippen molar-refractivity contribution in [2.24, 2.45) is 11.8 Å². The summed E-state index contributed by atoms with van der Waals surface area (Å²) in [5.74, 6) is 0.412. The number of hydrogen-bond acceptors (Lipinski definition) is 3. The molecule has 3 nitrogen and oxygen atoms in total. The van der Waals surface area contributed by atoms with E-state index in [0.717, 1.165) is 13.1 Å². The third-order valence-corrected chi connectivity index (χ3v) is 2.02. The first-order valence-electron chi connectivity index (χ1n) is 3.54. The molecule has 1 aliphatic heterocycles. The zero-order chi connectivity index (χ0) is 7.56. The van der Waals surface area contributed by atoms with E-state index in [2.05, 4.69) is 17.0 Å². The number of esters is 1. The fourth-order valence-electron chi connectivity index (χ4n) is 1.28. The topological polar surface area (TPSA) is 38.3 Å². The zero-order valence-corrected chi connectivity index (χ0v) is 6.39. The average Bonchev–Trinajstić information content (AvgIpc) is 2.34. The molecule has 0 unspecified atom stereocenters. The molecule has 0 aromatic rings. The van der Waals surface area contributed by atoms with Gasteiger partial charge in [-0.3, -0.25) is 4.79 Å². The Balaban J connectivity index is 2.46. The standard InChI is InChI=1S/C7H13NO2/c1-5-3-8-4-6(5)7(9)10-2/h5-6,8H,3-4H2,1-2H3/t5-,6+/m0/s1. The van der Waals surface area contributed by atoms with Gasteiger partial charge in [0.15, 0.2) is 0 Å². The molecule has 0 amide bonds. The second kappa shape index (κ2) is 3.01. The Labute approximate surface area is 60.7 Å². The van der Waals surface area contributed by atoms with Crippen molar-refractivity contribution in [3.05, 3.63) is 0 Å². The van der Waals surface area contributed by atoms with E-state index in [1.165, 1.54) is 7.11 Å². The first kappa shape index (κ1) is 7.54. The Morgan fingerprint density at radius 2 is 2.30 bits per heavy atom. The third-order valence-electron chi connectivity index (χ3n) is 2.02. The van der Waals surface area contributed by atoms with Crippen molar-refractivity contribution in [2.75, 3.05) is 20.2 Å². The highest BCUT2D eigenvalue weighted by molar-refractivity contribution is 5.73. The molecule has 0 bridgehead atoms. The van der Waals surface area contributed by atoms with Crippen LogP contribution < -0.4 is 5.32 Å². The number of ether oxygens (including phenoxy) is 1. The Hall–Kier alpha value is -0.570. The summed E-state index contributed by atoms with van der Waals surface area (Å²) in [5.41, 5.74) is 0. The molecule has 58 valence electrons. The molecule has 0 spiro atoms. The lowest BCUT2D eigenvalue weighted by molar-refractivity contribution is -0.145. The van der Waals surface area contributed by atoms with Gasteiger partial charge in [-0.1, -0.05) is 6.92 Å². The minimum Gasteiger partial charge on any atom is -0.469 e. The van der Waals surface area contributed by atoms with Crippen LogP contribution in [0, 0.1) is 11.8 Å². The molecule has 1 aliphatic rings. The quantitative estimate of drug-likeness (QED) is 0.526. The summed E-state index contributed by atoms with van der Waals surface area (Å²) < 4.78 is 4.63. The maximum atomic E-state index is 11.0. The normalized spacial score (nSPS) is 32.2. The number of carbonyl (C=O) groups excluding carboxylic acids is 1. The van der Waals surface area contributed by atoms with Crippen molar-refractivity contribution in [3.63, 3.8) is 0 Å². The van der Waals surface area contributed by atoms with Crippen LogP contribution >= 0.6 is 0 Å². The number of methoxy groups -OCH3 is 1. The van der Waals surface area contributed by atoms with Crippen molar-refractivity contribution in [1.82, 2.24) is 5.32 Å². The summed E-state index contributed by atoms with van der Waals surface area (Å²) in [6, 6.07) is 0. The molecule has 10 heavy (non-hydrogen) atoms. The maximum Gasteiger partial charge on any atom is 0.310 e. The monoisotopic (exact) mass is 143 g/mol. The Kier molecular flexibility index (Phi) is 2.27. The molecule has 0 aromatic carbocycles. The fourth-order valence-corrected chi connectivity index (χ4v) is 1.28. The average molecular weight is 143 g/mol. The predicted molar refractivity (Wildman–Crippen MR) is 37.5 cm³/mol. The van der Waals surface area contributed by atoms with Crippen molar-refractivity contribution in [1.29, 1.82) is 0 Å².